The van der Waals surface area contributed by atoms with Gasteiger partial charge >= 0.3 is 5.69 Å². The zero-order valence-corrected chi connectivity index (χ0v) is 16.4. The van der Waals surface area contributed by atoms with E-state index in [1.165, 1.54) is 11.6 Å². The molecule has 1 aliphatic heterocycles. The monoisotopic (exact) mass is 386 g/mol. The molecule has 2 atom stereocenters. The van der Waals surface area contributed by atoms with Gasteiger partial charge in [-0.3, -0.25) is 23.6 Å². The number of anilines is 1. The Morgan fingerprint density at radius 1 is 1.14 bits per heavy atom. The standard InChI is InChI=1S/C20H26N4O4/c1-13-9-23(10-14(2)28-13)12-16(25)17-18(21)24(20(27)22(3)19(17)26)11-15-7-5-4-6-8-15/h4-8,13-14H,9-12,21H2,1-3H3/t13-,14-/m1/s1. The zero-order valence-electron chi connectivity index (χ0n) is 16.4. The summed E-state index contributed by atoms with van der Waals surface area (Å²) in [6, 6.07) is 9.29. The summed E-state index contributed by atoms with van der Waals surface area (Å²) in [4.78, 5) is 40.1. The predicted octanol–water partition coefficient (Wildman–Crippen LogP) is 0.469. The maximum absolute atomic E-state index is 12.9. The summed E-state index contributed by atoms with van der Waals surface area (Å²) in [6.07, 6.45) is 0.00697. The molecule has 1 aromatic heterocycles. The van der Waals surface area contributed by atoms with Gasteiger partial charge < -0.3 is 10.5 Å². The quantitative estimate of drug-likeness (QED) is 0.750. The third kappa shape index (κ3) is 4.07. The van der Waals surface area contributed by atoms with Crippen molar-refractivity contribution in [3.63, 3.8) is 0 Å². The third-order valence-corrected chi connectivity index (χ3v) is 4.91. The SMILES string of the molecule is C[C@@H]1CN(CC(=O)c2c(N)n(Cc3ccccc3)c(=O)n(C)c2=O)C[C@@H](C)O1. The Bertz CT molecular complexity index is 970. The molecule has 2 N–H and O–H groups in total. The fraction of sp³-hybridized carbons (Fsp3) is 0.450. The lowest BCUT2D eigenvalue weighted by Crippen LogP contribution is -2.49. The van der Waals surface area contributed by atoms with Gasteiger partial charge in [-0.05, 0) is 19.4 Å². The number of morpholine rings is 1. The lowest BCUT2D eigenvalue weighted by Gasteiger charge is -2.34. The highest BCUT2D eigenvalue weighted by Crippen LogP contribution is 2.13. The van der Waals surface area contributed by atoms with Gasteiger partial charge in [-0.1, -0.05) is 30.3 Å². The average molecular weight is 386 g/mol. The van der Waals surface area contributed by atoms with E-state index in [0.29, 0.717) is 13.1 Å². The van der Waals surface area contributed by atoms with E-state index in [1.54, 1.807) is 0 Å². The highest BCUT2D eigenvalue weighted by Gasteiger charge is 2.27. The minimum Gasteiger partial charge on any atom is -0.384 e. The average Bonchev–Trinajstić information content (AvgIpc) is 2.63. The minimum absolute atomic E-state index is 0.00349. The number of carbonyl (C=O) groups is 1. The van der Waals surface area contributed by atoms with Crippen LogP contribution in [0.4, 0.5) is 5.82 Å². The Morgan fingerprint density at radius 2 is 1.75 bits per heavy atom. The lowest BCUT2D eigenvalue weighted by atomic mass is 10.1. The van der Waals surface area contributed by atoms with Crippen LogP contribution in [-0.4, -0.2) is 51.7 Å². The first kappa shape index (κ1) is 20.0. The van der Waals surface area contributed by atoms with Gasteiger partial charge in [-0.15, -0.1) is 0 Å². The van der Waals surface area contributed by atoms with Crippen LogP contribution in [0.3, 0.4) is 0 Å². The maximum Gasteiger partial charge on any atom is 0.332 e. The molecular formula is C20H26N4O4. The van der Waals surface area contributed by atoms with Crippen molar-refractivity contribution in [2.45, 2.75) is 32.6 Å². The number of Topliss-reactive ketones (excluding diaryl/α,β-unsaturated/α-hetero) is 1. The van der Waals surface area contributed by atoms with Crippen molar-refractivity contribution in [1.29, 1.82) is 0 Å². The lowest BCUT2D eigenvalue weighted by molar-refractivity contribution is -0.0652. The van der Waals surface area contributed by atoms with E-state index in [0.717, 1.165) is 10.1 Å². The maximum atomic E-state index is 12.9. The fourth-order valence-electron chi connectivity index (χ4n) is 3.66. The molecule has 150 valence electrons. The van der Waals surface area contributed by atoms with Crippen molar-refractivity contribution in [3.8, 4) is 0 Å². The Labute approximate surface area is 163 Å². The summed E-state index contributed by atoms with van der Waals surface area (Å²) in [5.74, 6) is -0.475. The van der Waals surface area contributed by atoms with Crippen LogP contribution in [-0.2, 0) is 18.3 Å². The number of rotatable bonds is 5. The molecule has 1 saturated heterocycles. The van der Waals surface area contributed by atoms with Crippen LogP contribution in [0, 0.1) is 0 Å². The summed E-state index contributed by atoms with van der Waals surface area (Å²) in [5.41, 5.74) is 5.66. The summed E-state index contributed by atoms with van der Waals surface area (Å²) < 4.78 is 7.90. The van der Waals surface area contributed by atoms with Crippen molar-refractivity contribution in [1.82, 2.24) is 14.0 Å². The molecule has 2 aromatic rings. The number of nitrogen functional groups attached to an aromatic ring is 1. The molecule has 0 radical (unpaired) electrons. The first-order valence-corrected chi connectivity index (χ1v) is 9.32. The normalized spacial score (nSPS) is 20.2. The molecule has 0 spiro atoms. The van der Waals surface area contributed by atoms with Crippen LogP contribution >= 0.6 is 0 Å². The summed E-state index contributed by atoms with van der Waals surface area (Å²) in [6.45, 7) is 5.33. The van der Waals surface area contributed by atoms with Crippen molar-refractivity contribution >= 4 is 11.6 Å². The molecule has 1 aliphatic rings. The third-order valence-electron chi connectivity index (χ3n) is 4.91. The second-order valence-corrected chi connectivity index (χ2v) is 7.35. The van der Waals surface area contributed by atoms with Crippen LogP contribution in [0.1, 0.15) is 29.8 Å². The van der Waals surface area contributed by atoms with E-state index in [9.17, 15) is 14.4 Å². The van der Waals surface area contributed by atoms with E-state index < -0.39 is 11.2 Å². The van der Waals surface area contributed by atoms with Crippen LogP contribution in [0.2, 0.25) is 0 Å². The van der Waals surface area contributed by atoms with Gasteiger partial charge in [0.15, 0.2) is 5.78 Å². The Balaban J connectivity index is 1.95. The number of nitrogens with two attached hydrogens (primary N) is 1. The Hall–Kier alpha value is -2.71. The van der Waals surface area contributed by atoms with Gasteiger partial charge in [0, 0.05) is 20.1 Å². The number of carbonyl (C=O) groups excluding carboxylic acids is 1. The summed E-state index contributed by atoms with van der Waals surface area (Å²) in [7, 11) is 1.36. The molecule has 0 amide bonds. The molecular weight excluding hydrogens is 360 g/mol. The molecule has 8 nitrogen and oxygen atoms in total. The molecule has 1 fully saturated rings. The van der Waals surface area contributed by atoms with E-state index in [4.69, 9.17) is 10.5 Å². The van der Waals surface area contributed by atoms with Crippen LogP contribution in [0.15, 0.2) is 39.9 Å². The van der Waals surface area contributed by atoms with Crippen molar-refractivity contribution < 1.29 is 9.53 Å². The first-order chi connectivity index (χ1) is 13.3. The Morgan fingerprint density at radius 3 is 2.36 bits per heavy atom. The van der Waals surface area contributed by atoms with Crippen LogP contribution in [0.5, 0.6) is 0 Å². The van der Waals surface area contributed by atoms with Gasteiger partial charge in [0.25, 0.3) is 5.56 Å². The van der Waals surface area contributed by atoms with Crippen molar-refractivity contribution in [2.75, 3.05) is 25.4 Å². The molecule has 3 rings (SSSR count). The second kappa shape index (κ2) is 8.12. The number of nitrogens with zero attached hydrogens (tertiary/aromatic N) is 3. The summed E-state index contributed by atoms with van der Waals surface area (Å²) in [5, 5.41) is 0. The molecule has 8 heteroatoms. The topological polar surface area (TPSA) is 99.6 Å². The highest BCUT2D eigenvalue weighted by molar-refractivity contribution is 6.01. The number of ketones is 1. The predicted molar refractivity (Wildman–Crippen MR) is 107 cm³/mol. The van der Waals surface area contributed by atoms with Gasteiger partial charge in [0.05, 0.1) is 25.3 Å². The van der Waals surface area contributed by atoms with Gasteiger partial charge in [-0.2, -0.15) is 0 Å². The molecule has 2 heterocycles. The van der Waals surface area contributed by atoms with E-state index in [1.807, 2.05) is 49.1 Å². The van der Waals surface area contributed by atoms with Gasteiger partial charge in [0.1, 0.15) is 11.4 Å². The molecule has 1 aromatic carbocycles. The largest absolute Gasteiger partial charge is 0.384 e. The molecule has 0 aliphatic carbocycles. The van der Waals surface area contributed by atoms with E-state index in [2.05, 4.69) is 0 Å². The van der Waals surface area contributed by atoms with E-state index in [-0.39, 0.29) is 42.5 Å². The van der Waals surface area contributed by atoms with Crippen molar-refractivity contribution in [3.05, 3.63) is 62.3 Å². The highest BCUT2D eigenvalue weighted by atomic mass is 16.5. The first-order valence-electron chi connectivity index (χ1n) is 9.32. The van der Waals surface area contributed by atoms with Gasteiger partial charge in [-0.25, -0.2) is 4.79 Å². The zero-order chi connectivity index (χ0) is 20.4. The molecule has 0 bridgehead atoms. The number of hydrogen-bond acceptors (Lipinski definition) is 6. The molecule has 28 heavy (non-hydrogen) atoms. The molecule has 0 unspecified atom stereocenters. The van der Waals surface area contributed by atoms with E-state index >= 15 is 0 Å². The number of aromatic nitrogens is 2. The Kier molecular flexibility index (Phi) is 5.81. The minimum atomic E-state index is -0.661. The fourth-order valence-corrected chi connectivity index (χ4v) is 3.66. The molecule has 0 saturated carbocycles. The van der Waals surface area contributed by atoms with Gasteiger partial charge in [0.2, 0.25) is 0 Å². The van der Waals surface area contributed by atoms with Crippen LogP contribution in [0.25, 0.3) is 0 Å². The smallest absolute Gasteiger partial charge is 0.332 e. The number of benzene rings is 1. The number of hydrogen-bond donors (Lipinski definition) is 1. The van der Waals surface area contributed by atoms with Crippen molar-refractivity contribution in [2.24, 2.45) is 7.05 Å². The number of ether oxygens (including phenoxy) is 1. The van der Waals surface area contributed by atoms with Crippen LogP contribution < -0.4 is 17.0 Å². The second-order valence-electron chi connectivity index (χ2n) is 7.35. The summed E-state index contributed by atoms with van der Waals surface area (Å²) >= 11 is 0.